The van der Waals surface area contributed by atoms with Crippen LogP contribution in [0.3, 0.4) is 0 Å². The van der Waals surface area contributed by atoms with E-state index in [4.69, 9.17) is 9.47 Å². The number of carbonyl (C=O) groups excluding carboxylic acids is 3. The minimum atomic E-state index is -0.452. The Labute approximate surface area is 161 Å². The molecule has 7 nitrogen and oxygen atoms in total. The van der Waals surface area contributed by atoms with Crippen LogP contribution in [0.4, 0.5) is 0 Å². The lowest BCUT2D eigenvalue weighted by Gasteiger charge is -2.23. The van der Waals surface area contributed by atoms with Crippen molar-refractivity contribution in [3.8, 4) is 0 Å². The lowest BCUT2D eigenvalue weighted by Crippen LogP contribution is -2.38. The van der Waals surface area contributed by atoms with Gasteiger partial charge in [0.05, 0.1) is 19.8 Å². The summed E-state index contributed by atoms with van der Waals surface area (Å²) < 4.78 is 11.9. The van der Waals surface area contributed by atoms with Crippen molar-refractivity contribution in [3.63, 3.8) is 0 Å². The van der Waals surface area contributed by atoms with Crippen LogP contribution >= 0.6 is 0 Å². The Morgan fingerprint density at radius 1 is 1.19 bits per heavy atom. The zero-order valence-electron chi connectivity index (χ0n) is 17.5. The molecule has 152 valence electrons. The molecule has 27 heavy (non-hydrogen) atoms. The van der Waals surface area contributed by atoms with E-state index in [-0.39, 0.29) is 30.8 Å². The molecule has 0 radical (unpaired) electrons. The Kier molecular flexibility index (Phi) is 8.69. The van der Waals surface area contributed by atoms with E-state index in [9.17, 15) is 14.4 Å². The molecule has 0 saturated heterocycles. The van der Waals surface area contributed by atoms with E-state index in [2.05, 4.69) is 0 Å². The zero-order valence-corrected chi connectivity index (χ0v) is 17.5. The van der Waals surface area contributed by atoms with Gasteiger partial charge < -0.3 is 18.9 Å². The minimum absolute atomic E-state index is 0.0388. The van der Waals surface area contributed by atoms with Crippen molar-refractivity contribution in [1.82, 2.24) is 9.47 Å². The summed E-state index contributed by atoms with van der Waals surface area (Å²) in [7, 11) is 3.29. The summed E-state index contributed by atoms with van der Waals surface area (Å²) in [6, 6.07) is 0. The van der Waals surface area contributed by atoms with Gasteiger partial charge in [0.25, 0.3) is 0 Å². The van der Waals surface area contributed by atoms with E-state index >= 15 is 0 Å². The van der Waals surface area contributed by atoms with Crippen LogP contribution in [0, 0.1) is 19.8 Å². The van der Waals surface area contributed by atoms with Gasteiger partial charge in [0, 0.05) is 38.4 Å². The highest BCUT2D eigenvalue weighted by Gasteiger charge is 2.27. The summed E-state index contributed by atoms with van der Waals surface area (Å²) in [5.41, 5.74) is 2.11. The van der Waals surface area contributed by atoms with Crippen molar-refractivity contribution in [1.29, 1.82) is 0 Å². The molecular formula is C20H32N2O5. The molecule has 1 amide bonds. The van der Waals surface area contributed by atoms with E-state index in [1.165, 1.54) is 4.90 Å². The number of nitrogens with zero attached hydrogens (tertiary/aromatic N) is 2. The molecule has 0 fully saturated rings. The van der Waals surface area contributed by atoms with Crippen LogP contribution in [-0.2, 0) is 21.3 Å². The van der Waals surface area contributed by atoms with Crippen molar-refractivity contribution >= 4 is 17.7 Å². The van der Waals surface area contributed by atoms with Crippen LogP contribution in [0.2, 0.25) is 0 Å². The smallest absolute Gasteiger partial charge is 0.355 e. The summed E-state index contributed by atoms with van der Waals surface area (Å²) in [5.74, 6) is -0.517. The van der Waals surface area contributed by atoms with E-state index in [1.54, 1.807) is 39.5 Å². The first-order chi connectivity index (χ1) is 12.6. The number of hydrogen-bond acceptors (Lipinski definition) is 5. The van der Waals surface area contributed by atoms with Crippen molar-refractivity contribution in [2.45, 2.75) is 41.0 Å². The highest BCUT2D eigenvalue weighted by atomic mass is 16.5. The molecule has 0 bridgehead atoms. The monoisotopic (exact) mass is 380 g/mol. The summed E-state index contributed by atoms with van der Waals surface area (Å²) in [5, 5.41) is 0. The lowest BCUT2D eigenvalue weighted by atomic mass is 10.0. The summed E-state index contributed by atoms with van der Waals surface area (Å²) in [6.45, 7) is 10.1. The molecule has 0 saturated carbocycles. The first-order valence-electron chi connectivity index (χ1n) is 9.28. The largest absolute Gasteiger partial charge is 0.461 e. The van der Waals surface area contributed by atoms with Gasteiger partial charge in [-0.3, -0.25) is 9.59 Å². The van der Waals surface area contributed by atoms with Gasteiger partial charge in [0.1, 0.15) is 5.69 Å². The standard InChI is InChI=1S/C20H32N2O5/c1-8-27-20(25)19-14(4)18(15(5)21(19)6)16(23)12-22(9-10-26-7)17(24)11-13(2)3/h13H,8-12H2,1-7H3. The molecule has 0 aromatic carbocycles. The third-order valence-corrected chi connectivity index (χ3v) is 4.51. The van der Waals surface area contributed by atoms with Crippen molar-refractivity contribution in [2.24, 2.45) is 13.0 Å². The average molecular weight is 380 g/mol. The van der Waals surface area contributed by atoms with Gasteiger partial charge >= 0.3 is 5.97 Å². The van der Waals surface area contributed by atoms with Gasteiger partial charge in [0.2, 0.25) is 5.91 Å². The number of amides is 1. The van der Waals surface area contributed by atoms with E-state index < -0.39 is 5.97 Å². The van der Waals surface area contributed by atoms with Crippen LogP contribution in [0.15, 0.2) is 0 Å². The van der Waals surface area contributed by atoms with Gasteiger partial charge in [-0.05, 0) is 32.3 Å². The molecule has 0 aliphatic heterocycles. The maximum absolute atomic E-state index is 13.0. The van der Waals surface area contributed by atoms with Crippen LogP contribution in [0.5, 0.6) is 0 Å². The fourth-order valence-corrected chi connectivity index (χ4v) is 3.10. The van der Waals surface area contributed by atoms with Gasteiger partial charge in [-0.1, -0.05) is 13.8 Å². The lowest BCUT2D eigenvalue weighted by molar-refractivity contribution is -0.132. The molecule has 1 heterocycles. The SMILES string of the molecule is CCOC(=O)c1c(C)c(C(=O)CN(CCOC)C(=O)CC(C)C)c(C)n1C. The third kappa shape index (κ3) is 5.66. The molecule has 1 aromatic rings. The Morgan fingerprint density at radius 3 is 2.33 bits per heavy atom. The highest BCUT2D eigenvalue weighted by Crippen LogP contribution is 2.23. The van der Waals surface area contributed by atoms with Crippen LogP contribution in [-0.4, -0.2) is 60.5 Å². The molecule has 1 rings (SSSR count). The first kappa shape index (κ1) is 22.9. The predicted octanol–water partition coefficient (Wildman–Crippen LogP) is 2.52. The average Bonchev–Trinajstić information content (AvgIpc) is 2.80. The summed E-state index contributed by atoms with van der Waals surface area (Å²) in [4.78, 5) is 39.3. The van der Waals surface area contributed by atoms with Crippen molar-refractivity contribution < 1.29 is 23.9 Å². The second kappa shape index (κ2) is 10.3. The van der Waals surface area contributed by atoms with Crippen molar-refractivity contribution in [3.05, 3.63) is 22.5 Å². The molecule has 0 aliphatic carbocycles. The number of rotatable bonds is 10. The topological polar surface area (TPSA) is 77.8 Å². The number of ketones is 1. The second-order valence-electron chi connectivity index (χ2n) is 7.04. The molecule has 1 aromatic heterocycles. The maximum atomic E-state index is 13.0. The van der Waals surface area contributed by atoms with E-state index in [1.807, 2.05) is 13.8 Å². The molecule has 0 atom stereocenters. The zero-order chi connectivity index (χ0) is 20.7. The summed E-state index contributed by atoms with van der Waals surface area (Å²) in [6.07, 6.45) is 0.373. The maximum Gasteiger partial charge on any atom is 0.355 e. The summed E-state index contributed by atoms with van der Waals surface area (Å²) >= 11 is 0. The van der Waals surface area contributed by atoms with Crippen molar-refractivity contribution in [2.75, 3.05) is 33.4 Å². The molecule has 0 N–H and O–H groups in total. The molecular weight excluding hydrogens is 348 g/mol. The third-order valence-electron chi connectivity index (χ3n) is 4.51. The fourth-order valence-electron chi connectivity index (χ4n) is 3.10. The molecule has 0 aliphatic rings. The number of hydrogen-bond donors (Lipinski definition) is 0. The minimum Gasteiger partial charge on any atom is -0.461 e. The normalized spacial score (nSPS) is 11.0. The number of Topliss-reactive ketones (excluding diaryl/α,β-unsaturated/α-hetero) is 1. The Hall–Kier alpha value is -2.15. The number of carbonyl (C=O) groups is 3. The Balaban J connectivity index is 3.13. The van der Waals surface area contributed by atoms with Crippen LogP contribution < -0.4 is 0 Å². The predicted molar refractivity (Wildman–Crippen MR) is 103 cm³/mol. The highest BCUT2D eigenvalue weighted by molar-refractivity contribution is 6.04. The number of methoxy groups -OCH3 is 1. The van der Waals surface area contributed by atoms with E-state index in [0.29, 0.717) is 42.1 Å². The molecule has 7 heteroatoms. The number of ether oxygens (including phenoxy) is 2. The quantitative estimate of drug-likeness (QED) is 0.460. The van der Waals surface area contributed by atoms with Crippen LogP contribution in [0.25, 0.3) is 0 Å². The number of esters is 1. The second-order valence-corrected chi connectivity index (χ2v) is 7.04. The van der Waals surface area contributed by atoms with Gasteiger partial charge in [-0.2, -0.15) is 0 Å². The van der Waals surface area contributed by atoms with Crippen LogP contribution in [0.1, 0.15) is 59.3 Å². The number of aromatic nitrogens is 1. The van der Waals surface area contributed by atoms with E-state index in [0.717, 1.165) is 0 Å². The Morgan fingerprint density at radius 2 is 1.81 bits per heavy atom. The molecule has 0 unspecified atom stereocenters. The first-order valence-corrected chi connectivity index (χ1v) is 9.28. The van der Waals surface area contributed by atoms with Gasteiger partial charge in [-0.25, -0.2) is 4.79 Å². The Bertz CT molecular complexity index is 691. The fraction of sp³-hybridized carbons (Fsp3) is 0.650. The van der Waals surface area contributed by atoms with Gasteiger partial charge in [-0.15, -0.1) is 0 Å². The molecule has 0 spiro atoms. The van der Waals surface area contributed by atoms with Gasteiger partial charge in [0.15, 0.2) is 5.78 Å².